The normalized spacial score (nSPS) is 10.8. The van der Waals surface area contributed by atoms with Crippen molar-refractivity contribution in [3.05, 3.63) is 34.3 Å². The fourth-order valence-electron chi connectivity index (χ4n) is 1.88. The van der Waals surface area contributed by atoms with Gasteiger partial charge < -0.3 is 10.1 Å². The van der Waals surface area contributed by atoms with Gasteiger partial charge in [0.05, 0.1) is 6.61 Å². The van der Waals surface area contributed by atoms with E-state index in [4.69, 9.17) is 4.74 Å². The van der Waals surface area contributed by atoms with Gasteiger partial charge in [0.15, 0.2) is 0 Å². The van der Waals surface area contributed by atoms with Crippen LogP contribution in [-0.4, -0.2) is 26.8 Å². The summed E-state index contributed by atoms with van der Waals surface area (Å²) >= 11 is 3.46. The molecule has 1 aromatic rings. The van der Waals surface area contributed by atoms with Crippen molar-refractivity contribution in [2.24, 2.45) is 0 Å². The third-order valence-electron chi connectivity index (χ3n) is 2.97. The Hall–Kier alpha value is -0.380. The van der Waals surface area contributed by atoms with Crippen LogP contribution in [0.15, 0.2) is 28.7 Å². The molecule has 0 saturated carbocycles. The van der Waals surface area contributed by atoms with Gasteiger partial charge in [-0.05, 0) is 43.5 Å². The maximum absolute atomic E-state index is 4.98. The lowest BCUT2D eigenvalue weighted by Gasteiger charge is -2.04. The molecule has 0 unspecified atom stereocenters. The van der Waals surface area contributed by atoms with Gasteiger partial charge in [-0.2, -0.15) is 0 Å². The molecule has 0 spiro atoms. The van der Waals surface area contributed by atoms with Crippen LogP contribution in [0.2, 0.25) is 0 Å². The second-order valence-electron chi connectivity index (χ2n) is 4.53. The van der Waals surface area contributed by atoms with Crippen LogP contribution in [0.4, 0.5) is 0 Å². The molecule has 2 nitrogen and oxygen atoms in total. The van der Waals surface area contributed by atoms with E-state index in [1.165, 1.54) is 37.7 Å². The molecule has 0 aromatic heterocycles. The lowest BCUT2D eigenvalue weighted by molar-refractivity contribution is 0.199. The standard InChI is InChI=1S/C15H24BrNO/c1-18-13-12-17-11-5-3-2-4-6-14-7-9-15(16)10-8-14/h7-10,17H,2-6,11-13H2,1H3. The van der Waals surface area contributed by atoms with Crippen LogP contribution in [0.25, 0.3) is 0 Å². The number of rotatable bonds is 10. The minimum atomic E-state index is 0.809. The number of methoxy groups -OCH3 is 1. The zero-order chi connectivity index (χ0) is 13.1. The van der Waals surface area contributed by atoms with E-state index in [0.29, 0.717) is 0 Å². The van der Waals surface area contributed by atoms with E-state index in [9.17, 15) is 0 Å². The van der Waals surface area contributed by atoms with E-state index in [1.807, 2.05) is 0 Å². The Morgan fingerprint density at radius 2 is 1.72 bits per heavy atom. The number of benzene rings is 1. The minimum Gasteiger partial charge on any atom is -0.383 e. The molecule has 0 atom stereocenters. The zero-order valence-electron chi connectivity index (χ0n) is 11.3. The van der Waals surface area contributed by atoms with E-state index < -0.39 is 0 Å². The molecule has 18 heavy (non-hydrogen) atoms. The Balaban J connectivity index is 1.91. The van der Waals surface area contributed by atoms with Gasteiger partial charge in [-0.1, -0.05) is 40.9 Å². The van der Waals surface area contributed by atoms with E-state index in [1.54, 1.807) is 7.11 Å². The number of unbranched alkanes of at least 4 members (excludes halogenated alkanes) is 3. The second kappa shape index (κ2) is 10.5. The molecule has 102 valence electrons. The largest absolute Gasteiger partial charge is 0.383 e. The zero-order valence-corrected chi connectivity index (χ0v) is 12.8. The lowest BCUT2D eigenvalue weighted by Crippen LogP contribution is -2.20. The molecule has 1 rings (SSSR count). The van der Waals surface area contributed by atoms with Gasteiger partial charge in [-0.15, -0.1) is 0 Å². The van der Waals surface area contributed by atoms with E-state index in [0.717, 1.165) is 24.2 Å². The quantitative estimate of drug-likeness (QED) is 0.664. The van der Waals surface area contributed by atoms with Gasteiger partial charge in [0.25, 0.3) is 0 Å². The van der Waals surface area contributed by atoms with Gasteiger partial charge in [-0.25, -0.2) is 0 Å². The SMILES string of the molecule is COCCNCCCCCCc1ccc(Br)cc1. The molecule has 0 amide bonds. The predicted molar refractivity (Wildman–Crippen MR) is 81.1 cm³/mol. The molecule has 3 heteroatoms. The van der Waals surface area contributed by atoms with Crippen LogP contribution < -0.4 is 5.32 Å². The molecule has 0 saturated heterocycles. The van der Waals surface area contributed by atoms with Crippen LogP contribution in [0.1, 0.15) is 31.2 Å². The fraction of sp³-hybridized carbons (Fsp3) is 0.600. The first-order valence-electron chi connectivity index (χ1n) is 6.77. The van der Waals surface area contributed by atoms with Crippen LogP contribution in [0.3, 0.4) is 0 Å². The molecule has 0 aliphatic heterocycles. The second-order valence-corrected chi connectivity index (χ2v) is 5.45. The van der Waals surface area contributed by atoms with Crippen LogP contribution in [-0.2, 0) is 11.2 Å². The molecule has 1 aromatic carbocycles. The number of halogens is 1. The molecule has 0 aliphatic carbocycles. The summed E-state index contributed by atoms with van der Waals surface area (Å²) < 4.78 is 6.14. The first kappa shape index (κ1) is 15.7. The molecular formula is C15H24BrNO. The van der Waals surface area contributed by atoms with Gasteiger partial charge in [-0.3, -0.25) is 0 Å². The summed E-state index contributed by atoms with van der Waals surface area (Å²) in [6.07, 6.45) is 6.40. The summed E-state index contributed by atoms with van der Waals surface area (Å²) in [6.45, 7) is 2.89. The summed E-state index contributed by atoms with van der Waals surface area (Å²) in [5.41, 5.74) is 1.44. The molecular weight excluding hydrogens is 290 g/mol. The Morgan fingerprint density at radius 1 is 1.00 bits per heavy atom. The third-order valence-corrected chi connectivity index (χ3v) is 3.49. The van der Waals surface area contributed by atoms with Crippen molar-refractivity contribution in [2.75, 3.05) is 26.8 Å². The fourth-order valence-corrected chi connectivity index (χ4v) is 2.15. The highest BCUT2D eigenvalue weighted by atomic mass is 79.9. The average Bonchev–Trinajstić information content (AvgIpc) is 2.39. The van der Waals surface area contributed by atoms with Gasteiger partial charge in [0, 0.05) is 18.1 Å². The third kappa shape index (κ3) is 7.85. The average molecular weight is 314 g/mol. The topological polar surface area (TPSA) is 21.3 Å². The number of aryl methyl sites for hydroxylation is 1. The van der Waals surface area contributed by atoms with Crippen molar-refractivity contribution in [2.45, 2.75) is 32.1 Å². The smallest absolute Gasteiger partial charge is 0.0587 e. The number of nitrogens with one attached hydrogen (secondary N) is 1. The van der Waals surface area contributed by atoms with Crippen molar-refractivity contribution in [1.82, 2.24) is 5.32 Å². The highest BCUT2D eigenvalue weighted by Crippen LogP contribution is 2.13. The van der Waals surface area contributed by atoms with E-state index >= 15 is 0 Å². The Kier molecular flexibility index (Phi) is 9.17. The molecule has 0 aliphatic rings. The lowest BCUT2D eigenvalue weighted by atomic mass is 10.1. The van der Waals surface area contributed by atoms with Gasteiger partial charge in [0.1, 0.15) is 0 Å². The minimum absolute atomic E-state index is 0.809. The monoisotopic (exact) mass is 313 g/mol. The Labute approximate surface area is 119 Å². The molecule has 0 fully saturated rings. The highest BCUT2D eigenvalue weighted by molar-refractivity contribution is 9.10. The molecule has 0 radical (unpaired) electrons. The number of ether oxygens (including phenoxy) is 1. The van der Waals surface area contributed by atoms with E-state index in [-0.39, 0.29) is 0 Å². The maximum atomic E-state index is 4.98. The summed E-state index contributed by atoms with van der Waals surface area (Å²) in [6, 6.07) is 8.65. The van der Waals surface area contributed by atoms with Crippen LogP contribution >= 0.6 is 15.9 Å². The first-order chi connectivity index (χ1) is 8.83. The Bertz CT molecular complexity index is 300. The number of hydrogen-bond donors (Lipinski definition) is 1. The van der Waals surface area contributed by atoms with Crippen molar-refractivity contribution >= 4 is 15.9 Å². The van der Waals surface area contributed by atoms with Gasteiger partial charge in [0.2, 0.25) is 0 Å². The van der Waals surface area contributed by atoms with Crippen LogP contribution in [0.5, 0.6) is 0 Å². The Morgan fingerprint density at radius 3 is 2.44 bits per heavy atom. The summed E-state index contributed by atoms with van der Waals surface area (Å²) in [5.74, 6) is 0. The number of hydrogen-bond acceptors (Lipinski definition) is 2. The molecule has 1 N–H and O–H groups in total. The first-order valence-corrected chi connectivity index (χ1v) is 7.56. The van der Waals surface area contributed by atoms with Crippen molar-refractivity contribution in [3.8, 4) is 0 Å². The molecule has 0 heterocycles. The maximum Gasteiger partial charge on any atom is 0.0587 e. The van der Waals surface area contributed by atoms with Crippen LogP contribution in [0, 0.1) is 0 Å². The van der Waals surface area contributed by atoms with Crippen molar-refractivity contribution in [1.29, 1.82) is 0 Å². The van der Waals surface area contributed by atoms with Gasteiger partial charge >= 0.3 is 0 Å². The summed E-state index contributed by atoms with van der Waals surface area (Å²) in [4.78, 5) is 0. The summed E-state index contributed by atoms with van der Waals surface area (Å²) in [5, 5.41) is 3.37. The molecule has 0 bridgehead atoms. The summed E-state index contributed by atoms with van der Waals surface area (Å²) in [7, 11) is 1.74. The predicted octanol–water partition coefficient (Wildman–Crippen LogP) is 3.79. The van der Waals surface area contributed by atoms with Crippen molar-refractivity contribution in [3.63, 3.8) is 0 Å². The highest BCUT2D eigenvalue weighted by Gasteiger charge is 1.94. The van der Waals surface area contributed by atoms with Crippen molar-refractivity contribution < 1.29 is 4.74 Å². The van der Waals surface area contributed by atoms with E-state index in [2.05, 4.69) is 45.5 Å².